The second-order valence-electron chi connectivity index (χ2n) is 7.71. The molecule has 4 unspecified atom stereocenters. The van der Waals surface area contributed by atoms with E-state index in [1.165, 1.54) is 35.3 Å². The van der Waals surface area contributed by atoms with Gasteiger partial charge in [0.2, 0.25) is 0 Å². The van der Waals surface area contributed by atoms with Crippen LogP contribution >= 0.6 is 0 Å². The van der Waals surface area contributed by atoms with Crippen LogP contribution in [-0.2, 0) is 0 Å². The van der Waals surface area contributed by atoms with E-state index >= 15 is 0 Å². The molecule has 3 aliphatic rings. The Balaban J connectivity index is 1.77. The Labute approximate surface area is 131 Å². The molecule has 2 aromatic rings. The molecule has 2 N–H and O–H groups in total. The zero-order valence-corrected chi connectivity index (χ0v) is 13.2. The SMILES string of the molecule is CC12CC(c3ccccc3N1)C1CC2(C)Nc2ccccc21. The summed E-state index contributed by atoms with van der Waals surface area (Å²) in [5.74, 6) is 1.25. The first-order chi connectivity index (χ1) is 10.6. The van der Waals surface area contributed by atoms with Gasteiger partial charge in [-0.3, -0.25) is 0 Å². The van der Waals surface area contributed by atoms with Gasteiger partial charge in [-0.15, -0.1) is 0 Å². The van der Waals surface area contributed by atoms with Crippen molar-refractivity contribution in [3.8, 4) is 0 Å². The summed E-state index contributed by atoms with van der Waals surface area (Å²) >= 11 is 0. The molecule has 0 radical (unpaired) electrons. The number of benzene rings is 2. The Hall–Kier alpha value is -1.96. The van der Waals surface area contributed by atoms with Crippen molar-refractivity contribution in [2.24, 2.45) is 0 Å². The zero-order valence-electron chi connectivity index (χ0n) is 13.2. The molecule has 2 heterocycles. The molecular weight excluding hydrogens is 268 g/mol. The Morgan fingerprint density at radius 1 is 0.727 bits per heavy atom. The van der Waals surface area contributed by atoms with E-state index in [0.717, 1.165) is 0 Å². The van der Waals surface area contributed by atoms with Crippen molar-refractivity contribution >= 4 is 11.4 Å². The lowest BCUT2D eigenvalue weighted by atomic mass is 9.54. The molecule has 22 heavy (non-hydrogen) atoms. The molecular formula is C20H22N2. The van der Waals surface area contributed by atoms with Gasteiger partial charge in [-0.25, -0.2) is 0 Å². The Bertz CT molecular complexity index is 702. The number of para-hydroxylation sites is 2. The van der Waals surface area contributed by atoms with Gasteiger partial charge in [-0.1, -0.05) is 36.4 Å². The van der Waals surface area contributed by atoms with E-state index in [0.29, 0.717) is 11.8 Å². The third-order valence-electron chi connectivity index (χ3n) is 6.50. The highest BCUT2D eigenvalue weighted by atomic mass is 15.1. The second-order valence-corrected chi connectivity index (χ2v) is 7.71. The van der Waals surface area contributed by atoms with E-state index in [1.54, 1.807) is 0 Å². The van der Waals surface area contributed by atoms with Gasteiger partial charge < -0.3 is 10.6 Å². The molecule has 5 rings (SSSR count). The quantitative estimate of drug-likeness (QED) is 0.734. The number of anilines is 2. The molecule has 1 fully saturated rings. The zero-order chi connectivity index (χ0) is 14.9. The lowest BCUT2D eigenvalue weighted by Crippen LogP contribution is -2.67. The van der Waals surface area contributed by atoms with E-state index in [2.05, 4.69) is 73.0 Å². The van der Waals surface area contributed by atoms with Crippen LogP contribution in [0.1, 0.15) is 49.7 Å². The monoisotopic (exact) mass is 290 g/mol. The number of hydrogen-bond donors (Lipinski definition) is 2. The Morgan fingerprint density at radius 2 is 1.14 bits per heavy atom. The van der Waals surface area contributed by atoms with Gasteiger partial charge in [0.15, 0.2) is 0 Å². The van der Waals surface area contributed by atoms with Gasteiger partial charge in [0, 0.05) is 11.4 Å². The van der Waals surface area contributed by atoms with Crippen LogP contribution in [0.15, 0.2) is 48.5 Å². The number of fused-ring (bicyclic) bond motifs is 10. The Morgan fingerprint density at radius 3 is 1.59 bits per heavy atom. The predicted molar refractivity (Wildman–Crippen MR) is 91.7 cm³/mol. The standard InChI is InChI=1S/C20H22N2/c1-19-11-15(13-7-3-5-9-17(13)21-19)16-12-20(19,2)22-18-10-6-4-8-14(16)18/h3-10,15-16,21-22H,11-12H2,1-2H3. The highest BCUT2D eigenvalue weighted by Gasteiger charge is 2.57. The van der Waals surface area contributed by atoms with Crippen molar-refractivity contribution in [2.75, 3.05) is 10.6 Å². The molecule has 0 saturated heterocycles. The molecule has 1 saturated carbocycles. The summed E-state index contributed by atoms with van der Waals surface area (Å²) in [7, 11) is 0. The summed E-state index contributed by atoms with van der Waals surface area (Å²) in [4.78, 5) is 0. The van der Waals surface area contributed by atoms with Crippen molar-refractivity contribution in [2.45, 2.75) is 49.6 Å². The fourth-order valence-electron chi connectivity index (χ4n) is 5.11. The van der Waals surface area contributed by atoms with Crippen LogP contribution in [0, 0.1) is 0 Å². The van der Waals surface area contributed by atoms with Gasteiger partial charge in [-0.2, -0.15) is 0 Å². The number of hydrogen-bond acceptors (Lipinski definition) is 2. The van der Waals surface area contributed by atoms with E-state index in [1.807, 2.05) is 0 Å². The lowest BCUT2D eigenvalue weighted by Gasteiger charge is -2.61. The summed E-state index contributed by atoms with van der Waals surface area (Å²) in [5.41, 5.74) is 5.86. The molecule has 2 heteroatoms. The summed E-state index contributed by atoms with van der Waals surface area (Å²) in [6.45, 7) is 4.79. The first kappa shape index (κ1) is 12.6. The van der Waals surface area contributed by atoms with Crippen molar-refractivity contribution in [1.82, 2.24) is 0 Å². The van der Waals surface area contributed by atoms with Gasteiger partial charge in [0.05, 0.1) is 11.1 Å². The van der Waals surface area contributed by atoms with Crippen LogP contribution in [-0.4, -0.2) is 11.1 Å². The largest absolute Gasteiger partial charge is 0.377 e. The lowest BCUT2D eigenvalue weighted by molar-refractivity contribution is 0.164. The summed E-state index contributed by atoms with van der Waals surface area (Å²) in [6.07, 6.45) is 2.40. The summed E-state index contributed by atoms with van der Waals surface area (Å²) < 4.78 is 0. The van der Waals surface area contributed by atoms with Crippen molar-refractivity contribution < 1.29 is 0 Å². The molecule has 4 atom stereocenters. The maximum atomic E-state index is 3.87. The van der Waals surface area contributed by atoms with Gasteiger partial charge in [0.1, 0.15) is 0 Å². The maximum absolute atomic E-state index is 3.87. The molecule has 2 aromatic carbocycles. The van der Waals surface area contributed by atoms with Gasteiger partial charge in [0.25, 0.3) is 0 Å². The van der Waals surface area contributed by atoms with Crippen LogP contribution in [0.25, 0.3) is 0 Å². The number of nitrogens with one attached hydrogen (secondary N) is 2. The smallest absolute Gasteiger partial charge is 0.0578 e. The van der Waals surface area contributed by atoms with Gasteiger partial charge in [-0.05, 0) is 61.8 Å². The van der Waals surface area contributed by atoms with Crippen LogP contribution in [0.4, 0.5) is 11.4 Å². The third-order valence-corrected chi connectivity index (χ3v) is 6.50. The van der Waals surface area contributed by atoms with Crippen LogP contribution in [0.5, 0.6) is 0 Å². The molecule has 0 amide bonds. The molecule has 0 aromatic heterocycles. The Kier molecular flexibility index (Phi) is 2.21. The molecule has 2 nitrogen and oxygen atoms in total. The fourth-order valence-corrected chi connectivity index (χ4v) is 5.11. The minimum absolute atomic E-state index is 0.0933. The first-order valence-corrected chi connectivity index (χ1v) is 8.34. The van der Waals surface area contributed by atoms with Crippen LogP contribution in [0.3, 0.4) is 0 Å². The average Bonchev–Trinajstić information content (AvgIpc) is 2.52. The van der Waals surface area contributed by atoms with Gasteiger partial charge >= 0.3 is 0 Å². The van der Waals surface area contributed by atoms with E-state index in [-0.39, 0.29) is 11.1 Å². The summed E-state index contributed by atoms with van der Waals surface area (Å²) in [5, 5.41) is 7.74. The number of rotatable bonds is 0. The van der Waals surface area contributed by atoms with Crippen molar-refractivity contribution in [1.29, 1.82) is 0 Å². The first-order valence-electron chi connectivity index (χ1n) is 8.34. The third kappa shape index (κ3) is 1.41. The van der Waals surface area contributed by atoms with E-state index in [4.69, 9.17) is 0 Å². The molecule has 4 bridgehead atoms. The van der Waals surface area contributed by atoms with Crippen molar-refractivity contribution in [3.63, 3.8) is 0 Å². The fraction of sp³-hybridized carbons (Fsp3) is 0.400. The summed E-state index contributed by atoms with van der Waals surface area (Å²) in [6, 6.07) is 17.8. The van der Waals surface area contributed by atoms with Crippen LogP contribution in [0.2, 0.25) is 0 Å². The van der Waals surface area contributed by atoms with E-state index < -0.39 is 0 Å². The highest BCUT2D eigenvalue weighted by molar-refractivity contribution is 5.67. The minimum Gasteiger partial charge on any atom is -0.377 e. The van der Waals surface area contributed by atoms with Crippen molar-refractivity contribution in [3.05, 3.63) is 59.7 Å². The minimum atomic E-state index is 0.0933. The molecule has 1 aliphatic carbocycles. The van der Waals surface area contributed by atoms with E-state index in [9.17, 15) is 0 Å². The normalized spacial score (nSPS) is 37.4. The average molecular weight is 290 g/mol. The molecule has 2 aliphatic heterocycles. The molecule has 0 spiro atoms. The topological polar surface area (TPSA) is 24.1 Å². The molecule has 112 valence electrons. The second kappa shape index (κ2) is 3.87. The van der Waals surface area contributed by atoms with Crippen LogP contribution < -0.4 is 10.6 Å². The highest BCUT2D eigenvalue weighted by Crippen LogP contribution is 2.60. The maximum Gasteiger partial charge on any atom is 0.0578 e. The predicted octanol–water partition coefficient (Wildman–Crippen LogP) is 4.72.